The van der Waals surface area contributed by atoms with Crippen molar-refractivity contribution in [1.29, 1.82) is 0 Å². The van der Waals surface area contributed by atoms with Gasteiger partial charge in [0.15, 0.2) is 15.9 Å². The molecule has 0 bridgehead atoms. The summed E-state index contributed by atoms with van der Waals surface area (Å²) in [6.07, 6.45) is -5.01. The lowest BCUT2D eigenvalue weighted by Gasteiger charge is -2.18. The van der Waals surface area contributed by atoms with Crippen molar-refractivity contribution in [2.45, 2.75) is 24.1 Å². The third kappa shape index (κ3) is 4.92. The van der Waals surface area contributed by atoms with Crippen molar-refractivity contribution in [1.82, 2.24) is 0 Å². The van der Waals surface area contributed by atoms with Crippen LogP contribution in [0.3, 0.4) is 0 Å². The lowest BCUT2D eigenvalue weighted by atomic mass is 10.0. The lowest BCUT2D eigenvalue weighted by molar-refractivity contribution is -0.144. The number of sulfone groups is 1. The summed E-state index contributed by atoms with van der Waals surface area (Å²) in [6.45, 7) is 1.22. The van der Waals surface area contributed by atoms with Crippen LogP contribution in [0.15, 0.2) is 41.3 Å². The van der Waals surface area contributed by atoms with Crippen LogP contribution in [0.4, 0.5) is 13.2 Å². The standard InChI is InChI=1S/C17H14ClF3O5S/c1-9(16(22)23)26-15-6-3-10(17(19,20)21)7-13(15)12-5-4-11(8-14(12)18)27(2,24)25/h3-9H,1-2H3,(H,22,23). The van der Waals surface area contributed by atoms with Gasteiger partial charge >= 0.3 is 12.1 Å². The number of aliphatic carboxylic acids is 1. The Hall–Kier alpha value is -2.26. The Kier molecular flexibility index (Phi) is 5.77. The summed E-state index contributed by atoms with van der Waals surface area (Å²) in [5.74, 6) is -1.44. The molecule has 1 unspecified atom stereocenters. The van der Waals surface area contributed by atoms with Crippen molar-refractivity contribution >= 4 is 27.4 Å². The molecule has 0 amide bonds. The second-order valence-electron chi connectivity index (χ2n) is 5.72. The Morgan fingerprint density at radius 1 is 1.15 bits per heavy atom. The molecule has 27 heavy (non-hydrogen) atoms. The number of rotatable bonds is 5. The van der Waals surface area contributed by atoms with Gasteiger partial charge in [-0.2, -0.15) is 13.2 Å². The molecule has 146 valence electrons. The Labute approximate surface area is 158 Å². The monoisotopic (exact) mass is 422 g/mol. The summed E-state index contributed by atoms with van der Waals surface area (Å²) < 4.78 is 67.7. The Morgan fingerprint density at radius 3 is 2.26 bits per heavy atom. The van der Waals surface area contributed by atoms with Crippen LogP contribution in [-0.4, -0.2) is 31.9 Å². The van der Waals surface area contributed by atoms with Crippen LogP contribution in [0.1, 0.15) is 12.5 Å². The van der Waals surface area contributed by atoms with Gasteiger partial charge in [-0.3, -0.25) is 0 Å². The Morgan fingerprint density at radius 2 is 1.78 bits per heavy atom. The first-order chi connectivity index (χ1) is 12.3. The highest BCUT2D eigenvalue weighted by atomic mass is 35.5. The predicted octanol–water partition coefficient (Wildman–Crippen LogP) is 4.28. The van der Waals surface area contributed by atoms with Crippen LogP contribution >= 0.6 is 11.6 Å². The molecule has 0 fully saturated rings. The molecule has 1 atom stereocenters. The maximum atomic E-state index is 13.1. The molecule has 0 spiro atoms. The van der Waals surface area contributed by atoms with Crippen LogP contribution in [0, 0.1) is 0 Å². The van der Waals surface area contributed by atoms with E-state index < -0.39 is 33.7 Å². The van der Waals surface area contributed by atoms with Crippen LogP contribution in [0.25, 0.3) is 11.1 Å². The summed E-state index contributed by atoms with van der Waals surface area (Å²) in [5.41, 5.74) is -1.03. The molecule has 0 aliphatic heterocycles. The summed E-state index contributed by atoms with van der Waals surface area (Å²) >= 11 is 6.09. The number of alkyl halides is 3. The van der Waals surface area contributed by atoms with E-state index in [1.807, 2.05) is 0 Å². The van der Waals surface area contributed by atoms with Gasteiger partial charge in [0.2, 0.25) is 0 Å². The third-order valence-electron chi connectivity index (χ3n) is 3.62. The summed E-state index contributed by atoms with van der Waals surface area (Å²) in [5, 5.41) is 8.85. The molecule has 0 aromatic heterocycles. The first kappa shape index (κ1) is 21.0. The molecule has 2 rings (SSSR count). The van der Waals surface area contributed by atoms with E-state index in [0.717, 1.165) is 30.5 Å². The quantitative estimate of drug-likeness (QED) is 0.777. The van der Waals surface area contributed by atoms with E-state index in [4.69, 9.17) is 21.4 Å². The zero-order chi connectivity index (χ0) is 20.6. The summed E-state index contributed by atoms with van der Waals surface area (Å²) in [7, 11) is -3.57. The van der Waals surface area contributed by atoms with Gasteiger partial charge in [-0.1, -0.05) is 17.7 Å². The van der Waals surface area contributed by atoms with E-state index in [-0.39, 0.29) is 26.8 Å². The average molecular weight is 423 g/mol. The van der Waals surface area contributed by atoms with E-state index in [1.165, 1.54) is 19.1 Å². The number of hydrogen-bond acceptors (Lipinski definition) is 4. The zero-order valence-electron chi connectivity index (χ0n) is 14.0. The Bertz CT molecular complexity index is 987. The smallest absolute Gasteiger partial charge is 0.416 e. The molecule has 5 nitrogen and oxygen atoms in total. The fourth-order valence-corrected chi connectivity index (χ4v) is 3.20. The molecule has 10 heteroatoms. The number of carboxylic acid groups (broad SMARTS) is 1. The predicted molar refractivity (Wildman–Crippen MR) is 92.7 cm³/mol. The van der Waals surface area contributed by atoms with Gasteiger partial charge in [-0.05, 0) is 37.3 Å². The largest absolute Gasteiger partial charge is 0.479 e. The molecule has 2 aromatic rings. The van der Waals surface area contributed by atoms with Crippen LogP contribution in [-0.2, 0) is 20.8 Å². The third-order valence-corrected chi connectivity index (χ3v) is 5.04. The van der Waals surface area contributed by atoms with E-state index in [2.05, 4.69) is 0 Å². The highest BCUT2D eigenvalue weighted by Crippen LogP contribution is 2.40. The van der Waals surface area contributed by atoms with Gasteiger partial charge in [0.1, 0.15) is 5.75 Å². The normalized spacial score (nSPS) is 13.3. The van der Waals surface area contributed by atoms with E-state index in [1.54, 1.807) is 0 Å². The van der Waals surface area contributed by atoms with E-state index >= 15 is 0 Å². The van der Waals surface area contributed by atoms with Gasteiger partial charge in [0.25, 0.3) is 0 Å². The molecule has 0 saturated carbocycles. The molecule has 2 aromatic carbocycles. The first-order valence-electron chi connectivity index (χ1n) is 7.41. The van der Waals surface area contributed by atoms with Crippen molar-refractivity contribution in [3.63, 3.8) is 0 Å². The molecule has 0 saturated heterocycles. The highest BCUT2D eigenvalue weighted by Gasteiger charge is 2.32. The molecular weight excluding hydrogens is 409 g/mol. The van der Waals surface area contributed by atoms with Gasteiger partial charge in [-0.25, -0.2) is 13.2 Å². The van der Waals surface area contributed by atoms with Crippen LogP contribution < -0.4 is 4.74 Å². The molecule has 0 radical (unpaired) electrons. The summed E-state index contributed by atoms with van der Waals surface area (Å²) in [4.78, 5) is 10.9. The zero-order valence-corrected chi connectivity index (χ0v) is 15.6. The molecule has 1 N–H and O–H groups in total. The number of benzene rings is 2. The lowest BCUT2D eigenvalue weighted by Crippen LogP contribution is -2.23. The minimum Gasteiger partial charge on any atom is -0.479 e. The highest BCUT2D eigenvalue weighted by molar-refractivity contribution is 7.90. The number of hydrogen-bond donors (Lipinski definition) is 1. The average Bonchev–Trinajstić information content (AvgIpc) is 2.53. The number of carbonyl (C=O) groups is 1. The fraction of sp³-hybridized carbons (Fsp3) is 0.235. The Balaban J connectivity index is 2.66. The maximum absolute atomic E-state index is 13.1. The fourth-order valence-electron chi connectivity index (χ4n) is 2.21. The number of halogens is 4. The molecular formula is C17H14ClF3O5S. The van der Waals surface area contributed by atoms with Gasteiger partial charge < -0.3 is 9.84 Å². The van der Waals surface area contributed by atoms with Crippen LogP contribution in [0.5, 0.6) is 5.75 Å². The second kappa shape index (κ2) is 7.40. The van der Waals surface area contributed by atoms with Crippen molar-refractivity contribution in [2.24, 2.45) is 0 Å². The van der Waals surface area contributed by atoms with Crippen molar-refractivity contribution in [2.75, 3.05) is 6.26 Å². The van der Waals surface area contributed by atoms with Gasteiger partial charge in [0.05, 0.1) is 10.5 Å². The molecule has 0 heterocycles. The van der Waals surface area contributed by atoms with Crippen molar-refractivity contribution in [3.8, 4) is 16.9 Å². The minimum atomic E-state index is -4.65. The minimum absolute atomic E-state index is 0.0720. The molecule has 0 aliphatic carbocycles. The topological polar surface area (TPSA) is 80.7 Å². The second-order valence-corrected chi connectivity index (χ2v) is 8.14. The summed E-state index contributed by atoms with van der Waals surface area (Å²) in [6, 6.07) is 6.07. The van der Waals surface area contributed by atoms with E-state index in [9.17, 15) is 26.4 Å². The van der Waals surface area contributed by atoms with Gasteiger partial charge in [0, 0.05) is 22.4 Å². The first-order valence-corrected chi connectivity index (χ1v) is 9.68. The van der Waals surface area contributed by atoms with Crippen LogP contribution in [0.2, 0.25) is 5.02 Å². The number of carboxylic acids is 1. The molecule has 0 aliphatic rings. The number of ether oxygens (including phenoxy) is 1. The van der Waals surface area contributed by atoms with Crippen molar-refractivity contribution < 1.29 is 36.2 Å². The van der Waals surface area contributed by atoms with Gasteiger partial charge in [-0.15, -0.1) is 0 Å². The SMILES string of the molecule is CC(Oc1ccc(C(F)(F)F)cc1-c1ccc(S(C)(=O)=O)cc1Cl)C(=O)O. The van der Waals surface area contributed by atoms with Crippen molar-refractivity contribution in [3.05, 3.63) is 47.0 Å². The van der Waals surface area contributed by atoms with E-state index in [0.29, 0.717) is 0 Å². The maximum Gasteiger partial charge on any atom is 0.416 e.